The van der Waals surface area contributed by atoms with Crippen LogP contribution in [0.4, 0.5) is 5.69 Å². The first-order valence-corrected chi connectivity index (χ1v) is 8.92. The maximum Gasteiger partial charge on any atom is 0.310 e. The van der Waals surface area contributed by atoms with Crippen LogP contribution in [0.15, 0.2) is 22.7 Å². The van der Waals surface area contributed by atoms with Gasteiger partial charge in [0.15, 0.2) is 0 Å². The Morgan fingerprint density at radius 2 is 2.35 bits per heavy atom. The van der Waals surface area contributed by atoms with E-state index in [9.17, 15) is 9.59 Å². The molecule has 1 N–H and O–H groups in total. The topological polar surface area (TPSA) is 58.6 Å². The maximum absolute atomic E-state index is 12.9. The molecule has 1 spiro atoms. The number of hydrogen-bond acceptors (Lipinski definition) is 4. The lowest BCUT2D eigenvalue weighted by Gasteiger charge is -2.32. The van der Waals surface area contributed by atoms with Crippen LogP contribution < -0.4 is 5.32 Å². The van der Waals surface area contributed by atoms with Crippen LogP contribution in [0.1, 0.15) is 31.7 Å². The molecule has 1 aromatic rings. The van der Waals surface area contributed by atoms with E-state index in [-0.39, 0.29) is 23.8 Å². The number of carbonyl (C=O) groups is 2. The van der Waals surface area contributed by atoms with Gasteiger partial charge in [-0.25, -0.2) is 0 Å². The first-order valence-electron chi connectivity index (χ1n) is 8.13. The third-order valence-electron chi connectivity index (χ3n) is 5.41. The van der Waals surface area contributed by atoms with E-state index >= 15 is 0 Å². The Morgan fingerprint density at radius 1 is 1.52 bits per heavy atom. The van der Waals surface area contributed by atoms with Gasteiger partial charge in [0.05, 0.1) is 12.5 Å². The average molecular weight is 379 g/mol. The maximum atomic E-state index is 12.9. The van der Waals surface area contributed by atoms with Crippen molar-refractivity contribution in [2.45, 2.75) is 37.8 Å². The molecule has 3 atom stereocenters. The summed E-state index contributed by atoms with van der Waals surface area (Å²) in [5.74, 6) is -0.407. The molecule has 4 rings (SSSR count). The molecule has 0 aliphatic carbocycles. The van der Waals surface area contributed by atoms with Gasteiger partial charge in [-0.3, -0.25) is 14.5 Å². The zero-order valence-corrected chi connectivity index (χ0v) is 14.6. The molecule has 3 heterocycles. The number of esters is 1. The minimum atomic E-state index is -0.724. The van der Waals surface area contributed by atoms with Crippen LogP contribution in [0.3, 0.4) is 0 Å². The predicted molar refractivity (Wildman–Crippen MR) is 88.9 cm³/mol. The number of nitrogens with zero attached hydrogens (tertiary/aromatic N) is 1. The number of carbonyl (C=O) groups excluding carboxylic acids is 2. The highest BCUT2D eigenvalue weighted by Gasteiger charge is 2.63. The Balaban J connectivity index is 1.81. The molecule has 3 aliphatic heterocycles. The fraction of sp³-hybridized carbons (Fsp3) is 0.529. The van der Waals surface area contributed by atoms with Crippen molar-refractivity contribution in [2.24, 2.45) is 5.92 Å². The van der Waals surface area contributed by atoms with Crippen molar-refractivity contribution >= 4 is 33.5 Å². The van der Waals surface area contributed by atoms with Crippen LogP contribution in [0.25, 0.3) is 0 Å². The van der Waals surface area contributed by atoms with E-state index in [2.05, 4.69) is 26.1 Å². The molecule has 5 nitrogen and oxygen atoms in total. The van der Waals surface area contributed by atoms with Crippen LogP contribution in [-0.2, 0) is 19.9 Å². The number of amides is 1. The van der Waals surface area contributed by atoms with Gasteiger partial charge < -0.3 is 10.1 Å². The van der Waals surface area contributed by atoms with Gasteiger partial charge >= 0.3 is 5.97 Å². The monoisotopic (exact) mass is 378 g/mol. The molecule has 0 saturated carbocycles. The Hall–Kier alpha value is -1.40. The number of benzene rings is 1. The van der Waals surface area contributed by atoms with Crippen molar-refractivity contribution in [2.75, 3.05) is 18.5 Å². The Bertz CT molecular complexity index is 692. The molecule has 2 fully saturated rings. The van der Waals surface area contributed by atoms with Gasteiger partial charge in [-0.05, 0) is 50.9 Å². The summed E-state index contributed by atoms with van der Waals surface area (Å²) in [7, 11) is 0. The highest BCUT2D eigenvalue weighted by molar-refractivity contribution is 9.10. The zero-order chi connectivity index (χ0) is 16.2. The molecule has 0 radical (unpaired) electrons. The van der Waals surface area contributed by atoms with Crippen molar-refractivity contribution < 1.29 is 14.3 Å². The highest BCUT2D eigenvalue weighted by Crippen LogP contribution is 2.54. The summed E-state index contributed by atoms with van der Waals surface area (Å²) in [6, 6.07) is 5.97. The minimum absolute atomic E-state index is 0.00991. The van der Waals surface area contributed by atoms with Crippen molar-refractivity contribution in [3.05, 3.63) is 28.2 Å². The van der Waals surface area contributed by atoms with E-state index < -0.39 is 5.54 Å². The quantitative estimate of drug-likeness (QED) is 0.803. The first-order chi connectivity index (χ1) is 11.1. The summed E-state index contributed by atoms with van der Waals surface area (Å²) in [6.45, 7) is 3.05. The number of fused-ring (bicyclic) bond motifs is 4. The van der Waals surface area contributed by atoms with Crippen molar-refractivity contribution in [3.8, 4) is 0 Å². The molecule has 0 aromatic heterocycles. The van der Waals surface area contributed by atoms with Crippen LogP contribution in [0.2, 0.25) is 0 Å². The molecule has 6 heteroatoms. The average Bonchev–Trinajstić information content (AvgIpc) is 3.16. The summed E-state index contributed by atoms with van der Waals surface area (Å²) in [5.41, 5.74) is 1.11. The Morgan fingerprint density at radius 3 is 3.13 bits per heavy atom. The number of rotatable bonds is 2. The zero-order valence-electron chi connectivity index (χ0n) is 13.0. The lowest BCUT2D eigenvalue weighted by Crippen LogP contribution is -2.47. The van der Waals surface area contributed by atoms with E-state index in [0.29, 0.717) is 13.0 Å². The van der Waals surface area contributed by atoms with E-state index in [1.54, 1.807) is 0 Å². The van der Waals surface area contributed by atoms with Crippen LogP contribution >= 0.6 is 15.9 Å². The molecular weight excluding hydrogens is 360 g/mol. The summed E-state index contributed by atoms with van der Waals surface area (Å²) in [5, 5.41) is 3.01. The SMILES string of the molecule is CCOC(=O)[C@H]1C[C@]2(C(=O)Nc3ccc(Br)cc32)N2CCC[C@H]12. The third kappa shape index (κ3) is 2.01. The highest BCUT2D eigenvalue weighted by atomic mass is 79.9. The fourth-order valence-corrected chi connectivity index (χ4v) is 4.91. The predicted octanol–water partition coefficient (Wildman–Crippen LogP) is 2.64. The first kappa shape index (κ1) is 15.1. The van der Waals surface area contributed by atoms with Gasteiger partial charge in [0.2, 0.25) is 5.91 Å². The second-order valence-corrected chi connectivity index (χ2v) is 7.39. The molecule has 0 unspecified atom stereocenters. The van der Waals surface area contributed by atoms with Gasteiger partial charge in [-0.1, -0.05) is 15.9 Å². The van der Waals surface area contributed by atoms with E-state index in [1.807, 2.05) is 25.1 Å². The Kier molecular flexibility index (Phi) is 3.50. The largest absolute Gasteiger partial charge is 0.466 e. The normalized spacial score (nSPS) is 32.0. The summed E-state index contributed by atoms with van der Waals surface area (Å²) in [4.78, 5) is 27.6. The second kappa shape index (κ2) is 5.31. The second-order valence-electron chi connectivity index (χ2n) is 6.47. The Labute approximate surface area is 143 Å². The number of hydrogen-bond donors (Lipinski definition) is 1. The van der Waals surface area contributed by atoms with Gasteiger partial charge in [0.1, 0.15) is 5.54 Å². The molecule has 1 amide bonds. The smallest absolute Gasteiger partial charge is 0.310 e. The molecule has 122 valence electrons. The van der Waals surface area contributed by atoms with E-state index in [1.165, 1.54) is 0 Å². The van der Waals surface area contributed by atoms with Crippen LogP contribution in [0.5, 0.6) is 0 Å². The van der Waals surface area contributed by atoms with E-state index in [4.69, 9.17) is 4.74 Å². The van der Waals surface area contributed by atoms with Crippen molar-refractivity contribution in [1.82, 2.24) is 4.90 Å². The molecule has 1 aromatic carbocycles. The molecule has 0 bridgehead atoms. The van der Waals surface area contributed by atoms with Gasteiger partial charge in [0.25, 0.3) is 0 Å². The number of nitrogens with one attached hydrogen (secondary N) is 1. The molecule has 2 saturated heterocycles. The lowest BCUT2D eigenvalue weighted by molar-refractivity contribution is -0.148. The molecule has 3 aliphatic rings. The summed E-state index contributed by atoms with van der Waals surface area (Å²) in [6.07, 6.45) is 2.46. The van der Waals surface area contributed by atoms with Crippen LogP contribution in [-0.4, -0.2) is 36.0 Å². The minimum Gasteiger partial charge on any atom is -0.466 e. The van der Waals surface area contributed by atoms with Gasteiger partial charge in [-0.15, -0.1) is 0 Å². The lowest BCUT2D eigenvalue weighted by atomic mass is 9.84. The third-order valence-corrected chi connectivity index (χ3v) is 5.90. The van der Waals surface area contributed by atoms with Crippen LogP contribution in [0, 0.1) is 5.92 Å². The van der Waals surface area contributed by atoms with Crippen molar-refractivity contribution in [1.29, 1.82) is 0 Å². The molecular formula is C17H19BrN2O3. The fourth-order valence-electron chi connectivity index (χ4n) is 4.55. The number of anilines is 1. The van der Waals surface area contributed by atoms with Crippen molar-refractivity contribution in [3.63, 3.8) is 0 Å². The van der Waals surface area contributed by atoms with E-state index in [0.717, 1.165) is 35.1 Å². The number of ether oxygens (including phenoxy) is 1. The van der Waals surface area contributed by atoms with Gasteiger partial charge in [-0.2, -0.15) is 0 Å². The summed E-state index contributed by atoms with van der Waals surface area (Å²) < 4.78 is 6.22. The standard InChI is InChI=1S/C17H19BrN2O3/c1-2-23-15(21)11-9-17(20-7-3-4-14(11)20)12-8-10(18)5-6-13(12)19-16(17)22/h5-6,8,11,14H,2-4,7,9H2,1H3,(H,19,22)/t11-,14+,17-/m0/s1. The van der Waals surface area contributed by atoms with Gasteiger partial charge in [0, 0.05) is 21.8 Å². The molecule has 23 heavy (non-hydrogen) atoms. The number of halogens is 1. The summed E-state index contributed by atoms with van der Waals surface area (Å²) >= 11 is 3.51.